The van der Waals surface area contributed by atoms with Crippen molar-refractivity contribution in [3.05, 3.63) is 70.7 Å². The molecule has 154 valence electrons. The van der Waals surface area contributed by atoms with Crippen LogP contribution in [0.3, 0.4) is 0 Å². The molecule has 2 aromatic rings. The van der Waals surface area contributed by atoms with E-state index in [-0.39, 0.29) is 18.2 Å². The van der Waals surface area contributed by atoms with Crippen molar-refractivity contribution in [2.45, 2.75) is 31.3 Å². The maximum absolute atomic E-state index is 12.7. The summed E-state index contributed by atoms with van der Waals surface area (Å²) in [7, 11) is 4.09. The lowest BCUT2D eigenvalue weighted by atomic mass is 10.0. The van der Waals surface area contributed by atoms with E-state index in [0.29, 0.717) is 29.1 Å². The fourth-order valence-corrected chi connectivity index (χ4v) is 3.77. The molecule has 0 radical (unpaired) electrons. The van der Waals surface area contributed by atoms with Gasteiger partial charge in [0.1, 0.15) is 0 Å². The van der Waals surface area contributed by atoms with Gasteiger partial charge in [-0.3, -0.25) is 9.59 Å². The highest BCUT2D eigenvalue weighted by Gasteiger charge is 2.32. The third kappa shape index (κ3) is 6.05. The number of amides is 2. The Labute approximate surface area is 177 Å². The molecular formula is C23H28ClN3O2. The van der Waals surface area contributed by atoms with Gasteiger partial charge in [0.15, 0.2) is 0 Å². The van der Waals surface area contributed by atoms with E-state index in [1.54, 1.807) is 24.3 Å². The van der Waals surface area contributed by atoms with Crippen molar-refractivity contribution >= 4 is 23.4 Å². The van der Waals surface area contributed by atoms with Gasteiger partial charge in [-0.15, -0.1) is 0 Å². The number of hydrogen-bond acceptors (Lipinski definition) is 3. The van der Waals surface area contributed by atoms with Crippen molar-refractivity contribution in [3.8, 4) is 0 Å². The fraction of sp³-hybridized carbons (Fsp3) is 0.391. The average molecular weight is 414 g/mol. The summed E-state index contributed by atoms with van der Waals surface area (Å²) in [4.78, 5) is 27.6. The monoisotopic (exact) mass is 413 g/mol. The number of hydrogen-bond donors (Lipinski definition) is 2. The molecule has 3 rings (SSSR count). The second-order valence-corrected chi connectivity index (χ2v) is 8.20. The molecule has 2 N–H and O–H groups in total. The first kappa shape index (κ1) is 21.3. The number of halogens is 1. The second-order valence-electron chi connectivity index (χ2n) is 7.79. The minimum atomic E-state index is -0.432. The quantitative estimate of drug-likeness (QED) is 0.659. The van der Waals surface area contributed by atoms with Crippen molar-refractivity contribution < 1.29 is 9.59 Å². The minimum Gasteiger partial charge on any atom is -0.354 e. The maximum Gasteiger partial charge on any atom is 0.253 e. The molecule has 5 nitrogen and oxygen atoms in total. The highest BCUT2D eigenvalue weighted by Crippen LogP contribution is 2.34. The van der Waals surface area contributed by atoms with Crippen LogP contribution in [-0.2, 0) is 4.79 Å². The van der Waals surface area contributed by atoms with Crippen LogP contribution in [0.25, 0.3) is 0 Å². The van der Waals surface area contributed by atoms with Crippen LogP contribution in [0.5, 0.6) is 0 Å². The standard InChI is InChI=1S/C23H28ClN3O2/c1-27(2)21(17-12-13-17)15-25-22(28)14-20(16-8-4-3-5-9-16)26-23(29)18-10-6-7-11-19(18)24/h3-11,17,20-21H,12-15H2,1-2H3,(H,25,28)(H,26,29)/t20-,21+/m1/s1. The minimum absolute atomic E-state index is 0.0780. The Hall–Kier alpha value is -2.37. The molecule has 0 heterocycles. The molecular weight excluding hydrogens is 386 g/mol. The number of carbonyl (C=O) groups is 2. The largest absolute Gasteiger partial charge is 0.354 e. The average Bonchev–Trinajstić information content (AvgIpc) is 3.53. The molecule has 29 heavy (non-hydrogen) atoms. The number of carbonyl (C=O) groups excluding carboxylic acids is 2. The second kappa shape index (κ2) is 9.90. The molecule has 0 bridgehead atoms. The van der Waals surface area contributed by atoms with E-state index in [0.717, 1.165) is 5.56 Å². The smallest absolute Gasteiger partial charge is 0.253 e. The Bertz CT molecular complexity index is 835. The van der Waals surface area contributed by atoms with Crippen LogP contribution in [0.1, 0.15) is 41.2 Å². The maximum atomic E-state index is 12.7. The molecule has 2 atom stereocenters. The number of likely N-dealkylation sites (N-methyl/N-ethyl adjacent to an activating group) is 1. The fourth-order valence-electron chi connectivity index (χ4n) is 3.55. The van der Waals surface area contributed by atoms with Gasteiger partial charge in [-0.2, -0.15) is 0 Å². The summed E-state index contributed by atoms with van der Waals surface area (Å²) in [5, 5.41) is 6.41. The van der Waals surface area contributed by atoms with E-state index in [4.69, 9.17) is 11.6 Å². The first-order valence-electron chi connectivity index (χ1n) is 9.99. The van der Waals surface area contributed by atoms with Gasteiger partial charge in [-0.05, 0) is 50.6 Å². The van der Waals surface area contributed by atoms with E-state index < -0.39 is 6.04 Å². The van der Waals surface area contributed by atoms with Gasteiger partial charge in [0.2, 0.25) is 5.91 Å². The van der Waals surface area contributed by atoms with Crippen LogP contribution in [0, 0.1) is 5.92 Å². The lowest BCUT2D eigenvalue weighted by Crippen LogP contribution is -2.42. The molecule has 0 saturated heterocycles. The first-order chi connectivity index (χ1) is 14.0. The number of benzene rings is 2. The Balaban J connectivity index is 1.66. The van der Waals surface area contributed by atoms with Crippen LogP contribution in [0.2, 0.25) is 5.02 Å². The molecule has 1 saturated carbocycles. The van der Waals surface area contributed by atoms with E-state index in [1.807, 2.05) is 44.4 Å². The van der Waals surface area contributed by atoms with Crippen LogP contribution >= 0.6 is 11.6 Å². The highest BCUT2D eigenvalue weighted by atomic mass is 35.5. The summed E-state index contributed by atoms with van der Waals surface area (Å²) >= 11 is 6.16. The highest BCUT2D eigenvalue weighted by molar-refractivity contribution is 6.33. The topological polar surface area (TPSA) is 61.4 Å². The van der Waals surface area contributed by atoms with Crippen molar-refractivity contribution in [1.82, 2.24) is 15.5 Å². The van der Waals surface area contributed by atoms with Crippen molar-refractivity contribution in [2.24, 2.45) is 5.92 Å². The summed E-state index contributed by atoms with van der Waals surface area (Å²) in [5.41, 5.74) is 1.28. The summed E-state index contributed by atoms with van der Waals surface area (Å²) < 4.78 is 0. The van der Waals surface area contributed by atoms with Gasteiger partial charge in [-0.25, -0.2) is 0 Å². The molecule has 1 aliphatic rings. The number of nitrogens with zero attached hydrogens (tertiary/aromatic N) is 1. The van der Waals surface area contributed by atoms with E-state index >= 15 is 0 Å². The Morgan fingerprint density at radius 3 is 2.34 bits per heavy atom. The SMILES string of the molecule is CN(C)[C@@H](CNC(=O)C[C@@H](NC(=O)c1ccccc1Cl)c1ccccc1)C1CC1. The van der Waals surface area contributed by atoms with Crippen LogP contribution in [0.15, 0.2) is 54.6 Å². The summed E-state index contributed by atoms with van der Waals surface area (Å²) in [5.74, 6) is 0.294. The van der Waals surface area contributed by atoms with Crippen molar-refractivity contribution in [2.75, 3.05) is 20.6 Å². The van der Waals surface area contributed by atoms with E-state index in [2.05, 4.69) is 15.5 Å². The Morgan fingerprint density at radius 2 is 1.72 bits per heavy atom. The molecule has 0 unspecified atom stereocenters. The third-order valence-corrected chi connectivity index (χ3v) is 5.68. The van der Waals surface area contributed by atoms with Gasteiger partial charge in [-0.1, -0.05) is 54.1 Å². The van der Waals surface area contributed by atoms with Crippen LogP contribution in [0.4, 0.5) is 0 Å². The van der Waals surface area contributed by atoms with Gasteiger partial charge in [0.05, 0.1) is 23.0 Å². The molecule has 0 spiro atoms. The third-order valence-electron chi connectivity index (χ3n) is 5.35. The lowest BCUT2D eigenvalue weighted by molar-refractivity contribution is -0.121. The molecule has 6 heteroatoms. The van der Waals surface area contributed by atoms with Crippen molar-refractivity contribution in [1.29, 1.82) is 0 Å². The normalized spacial score (nSPS) is 15.6. The first-order valence-corrected chi connectivity index (χ1v) is 10.4. The summed E-state index contributed by atoms with van der Waals surface area (Å²) in [6.07, 6.45) is 2.61. The molecule has 2 aromatic carbocycles. The predicted molar refractivity (Wildman–Crippen MR) is 116 cm³/mol. The van der Waals surface area contributed by atoms with Crippen LogP contribution in [-0.4, -0.2) is 43.4 Å². The van der Waals surface area contributed by atoms with Gasteiger partial charge >= 0.3 is 0 Å². The summed E-state index contributed by atoms with van der Waals surface area (Å²) in [6.45, 7) is 0.621. The molecule has 1 fully saturated rings. The molecule has 2 amide bonds. The van der Waals surface area contributed by atoms with Crippen LogP contribution < -0.4 is 10.6 Å². The molecule has 0 aromatic heterocycles. The number of rotatable bonds is 9. The number of nitrogens with one attached hydrogen (secondary N) is 2. The van der Waals surface area contributed by atoms with E-state index in [1.165, 1.54) is 12.8 Å². The van der Waals surface area contributed by atoms with E-state index in [9.17, 15) is 9.59 Å². The molecule has 0 aliphatic heterocycles. The van der Waals surface area contributed by atoms with Crippen molar-refractivity contribution in [3.63, 3.8) is 0 Å². The Kier molecular flexibility index (Phi) is 7.29. The summed E-state index contributed by atoms with van der Waals surface area (Å²) in [6, 6.07) is 16.4. The predicted octanol–water partition coefficient (Wildman–Crippen LogP) is 3.66. The Morgan fingerprint density at radius 1 is 1.07 bits per heavy atom. The molecule has 1 aliphatic carbocycles. The zero-order chi connectivity index (χ0) is 20.8. The van der Waals surface area contributed by atoms with Gasteiger partial charge in [0, 0.05) is 12.6 Å². The zero-order valence-electron chi connectivity index (χ0n) is 16.9. The van der Waals surface area contributed by atoms with Gasteiger partial charge in [0.25, 0.3) is 5.91 Å². The van der Waals surface area contributed by atoms with Gasteiger partial charge < -0.3 is 15.5 Å². The zero-order valence-corrected chi connectivity index (χ0v) is 17.7. The lowest BCUT2D eigenvalue weighted by Gasteiger charge is -2.25.